The highest BCUT2D eigenvalue weighted by molar-refractivity contribution is 5.94. The molecule has 1 heterocycles. The Hall–Kier alpha value is -1.10. The highest BCUT2D eigenvalue weighted by Gasteiger charge is 2.26. The summed E-state index contributed by atoms with van der Waals surface area (Å²) in [5, 5.41) is 5.10. The number of hydrogen-bond acceptors (Lipinski definition) is 2. The Morgan fingerprint density at radius 1 is 1.21 bits per heavy atom. The fourth-order valence-corrected chi connectivity index (χ4v) is 2.89. The summed E-state index contributed by atoms with van der Waals surface area (Å²) < 4.78 is 0. The maximum Gasteiger partial charge on any atom is 0.321 e. The zero-order valence-electron chi connectivity index (χ0n) is 12.4. The van der Waals surface area contributed by atoms with Crippen molar-refractivity contribution in [3.05, 3.63) is 0 Å². The third-order valence-electron chi connectivity index (χ3n) is 3.56. The van der Waals surface area contributed by atoms with Crippen molar-refractivity contribution in [2.45, 2.75) is 40.0 Å². The number of rotatable bonds is 5. The van der Waals surface area contributed by atoms with Crippen molar-refractivity contribution in [1.82, 2.24) is 10.6 Å². The summed E-state index contributed by atoms with van der Waals surface area (Å²) in [5.41, 5.74) is 0. The first-order valence-corrected chi connectivity index (χ1v) is 7.42. The fraction of sp³-hybridized carbons (Fsp3) is 0.857. The number of nitrogens with one attached hydrogen (secondary N) is 3. The Morgan fingerprint density at radius 2 is 1.84 bits per heavy atom. The zero-order chi connectivity index (χ0) is 14.3. The maximum atomic E-state index is 11.8. The van der Waals surface area contributed by atoms with Crippen molar-refractivity contribution in [3.63, 3.8) is 0 Å². The summed E-state index contributed by atoms with van der Waals surface area (Å²) in [6, 6.07) is -0.365. The maximum absolute atomic E-state index is 11.8. The second-order valence-electron chi connectivity index (χ2n) is 5.94. The number of unbranched alkanes of at least 4 members (excludes halogenated alkanes) is 1. The molecule has 1 saturated heterocycles. The first-order valence-electron chi connectivity index (χ1n) is 7.42. The highest BCUT2D eigenvalue weighted by Crippen LogP contribution is 2.11. The van der Waals surface area contributed by atoms with E-state index in [1.54, 1.807) is 0 Å². The molecule has 0 radical (unpaired) electrons. The lowest BCUT2D eigenvalue weighted by atomic mass is 9.92. The minimum atomic E-state index is -0.365. The van der Waals surface area contributed by atoms with E-state index in [0.29, 0.717) is 24.9 Å². The average molecular weight is 270 g/mol. The van der Waals surface area contributed by atoms with Crippen molar-refractivity contribution in [2.75, 3.05) is 26.2 Å². The number of amides is 3. The molecule has 0 spiro atoms. The van der Waals surface area contributed by atoms with Crippen LogP contribution in [-0.2, 0) is 4.79 Å². The van der Waals surface area contributed by atoms with Crippen molar-refractivity contribution in [2.24, 2.45) is 11.8 Å². The van der Waals surface area contributed by atoms with Gasteiger partial charge in [0.15, 0.2) is 6.54 Å². The zero-order valence-corrected chi connectivity index (χ0v) is 12.4. The van der Waals surface area contributed by atoms with E-state index in [4.69, 9.17) is 0 Å². The van der Waals surface area contributed by atoms with Gasteiger partial charge in [0, 0.05) is 18.4 Å². The number of piperidine rings is 1. The van der Waals surface area contributed by atoms with E-state index in [1.807, 2.05) is 0 Å². The smallest absolute Gasteiger partial charge is 0.321 e. The van der Waals surface area contributed by atoms with Crippen LogP contribution in [0.4, 0.5) is 4.79 Å². The lowest BCUT2D eigenvalue weighted by Gasteiger charge is -2.31. The van der Waals surface area contributed by atoms with Gasteiger partial charge in [-0.2, -0.15) is 0 Å². The van der Waals surface area contributed by atoms with E-state index in [0.717, 1.165) is 25.9 Å². The monoisotopic (exact) mass is 270 g/mol. The van der Waals surface area contributed by atoms with Crippen LogP contribution in [0.5, 0.6) is 0 Å². The van der Waals surface area contributed by atoms with Crippen LogP contribution in [0.2, 0.25) is 0 Å². The van der Waals surface area contributed by atoms with Crippen LogP contribution in [0.15, 0.2) is 0 Å². The van der Waals surface area contributed by atoms with Crippen LogP contribution >= 0.6 is 0 Å². The number of quaternary nitrogens is 1. The molecule has 0 aliphatic carbocycles. The molecule has 1 aliphatic rings. The third kappa shape index (κ3) is 6.57. The number of likely N-dealkylation sites (tertiary alicyclic amines) is 1. The quantitative estimate of drug-likeness (QED) is 0.624. The van der Waals surface area contributed by atoms with Gasteiger partial charge in [-0.25, -0.2) is 4.79 Å². The number of urea groups is 1. The normalized spacial score (nSPS) is 26.8. The SMILES string of the molecule is CCCCNC(=O)NC(=O)C[NH+]1C[C@@H](C)C[C@H](C)C1. The van der Waals surface area contributed by atoms with Crippen LogP contribution in [-0.4, -0.2) is 38.1 Å². The minimum absolute atomic E-state index is 0.176. The minimum Gasteiger partial charge on any atom is -0.338 e. The van der Waals surface area contributed by atoms with Crippen LogP contribution in [0.3, 0.4) is 0 Å². The molecule has 1 rings (SSSR count). The van der Waals surface area contributed by atoms with Gasteiger partial charge in [-0.05, 0) is 12.8 Å². The van der Waals surface area contributed by atoms with E-state index in [2.05, 4.69) is 31.4 Å². The molecule has 3 N–H and O–H groups in total. The molecule has 1 aliphatic heterocycles. The molecule has 110 valence electrons. The lowest BCUT2D eigenvalue weighted by Crippen LogP contribution is -3.15. The Morgan fingerprint density at radius 3 is 2.42 bits per heavy atom. The van der Waals surface area contributed by atoms with Gasteiger partial charge in [0.1, 0.15) is 0 Å². The summed E-state index contributed by atoms with van der Waals surface area (Å²) in [6.45, 7) is 9.59. The van der Waals surface area contributed by atoms with Crippen LogP contribution in [0.1, 0.15) is 40.0 Å². The van der Waals surface area contributed by atoms with Gasteiger partial charge in [-0.3, -0.25) is 10.1 Å². The first-order chi connectivity index (χ1) is 9.01. The highest BCUT2D eigenvalue weighted by atomic mass is 16.2. The van der Waals surface area contributed by atoms with Gasteiger partial charge in [-0.15, -0.1) is 0 Å². The Labute approximate surface area is 116 Å². The summed E-state index contributed by atoms with van der Waals surface area (Å²) in [7, 11) is 0. The summed E-state index contributed by atoms with van der Waals surface area (Å²) in [4.78, 5) is 24.5. The van der Waals surface area contributed by atoms with Crippen LogP contribution in [0, 0.1) is 11.8 Å². The largest absolute Gasteiger partial charge is 0.338 e. The number of imide groups is 1. The predicted octanol–water partition coefficient (Wildman–Crippen LogP) is 0.173. The van der Waals surface area contributed by atoms with Crippen molar-refractivity contribution < 1.29 is 14.5 Å². The van der Waals surface area contributed by atoms with Crippen LogP contribution < -0.4 is 15.5 Å². The number of carbonyl (C=O) groups excluding carboxylic acids is 2. The molecule has 0 saturated carbocycles. The summed E-state index contributed by atoms with van der Waals surface area (Å²) >= 11 is 0. The average Bonchev–Trinajstić information content (AvgIpc) is 2.27. The second-order valence-corrected chi connectivity index (χ2v) is 5.94. The third-order valence-corrected chi connectivity index (χ3v) is 3.56. The van der Waals surface area contributed by atoms with Gasteiger partial charge in [0.25, 0.3) is 5.91 Å². The number of carbonyl (C=O) groups is 2. The van der Waals surface area contributed by atoms with E-state index in [1.165, 1.54) is 11.3 Å². The Kier molecular flexibility index (Phi) is 6.84. The number of hydrogen-bond donors (Lipinski definition) is 3. The van der Waals surface area contributed by atoms with Gasteiger partial charge >= 0.3 is 6.03 Å². The van der Waals surface area contributed by atoms with E-state index >= 15 is 0 Å². The molecule has 0 aromatic carbocycles. The molecule has 0 aromatic rings. The molecule has 3 amide bonds. The van der Waals surface area contributed by atoms with Gasteiger partial charge in [-0.1, -0.05) is 27.2 Å². The van der Waals surface area contributed by atoms with E-state index in [9.17, 15) is 9.59 Å². The molecule has 1 fully saturated rings. The van der Waals surface area contributed by atoms with Crippen molar-refractivity contribution >= 4 is 11.9 Å². The summed E-state index contributed by atoms with van der Waals surface area (Å²) in [6.07, 6.45) is 3.21. The molecule has 5 heteroatoms. The fourth-order valence-electron chi connectivity index (χ4n) is 2.89. The standard InChI is InChI=1S/C14H27N3O2/c1-4-5-6-15-14(19)16-13(18)10-17-8-11(2)7-12(3)9-17/h11-12H,4-10H2,1-3H3,(H2,15,16,18,19)/p+1/t11-,12-/m0/s1. The molecule has 0 unspecified atom stereocenters. The first kappa shape index (κ1) is 16.0. The molecular formula is C14H28N3O2+. The molecular weight excluding hydrogens is 242 g/mol. The molecule has 2 atom stereocenters. The van der Waals surface area contributed by atoms with Crippen LogP contribution in [0.25, 0.3) is 0 Å². The topological polar surface area (TPSA) is 62.6 Å². The van der Waals surface area contributed by atoms with Crippen molar-refractivity contribution in [1.29, 1.82) is 0 Å². The summed E-state index contributed by atoms with van der Waals surface area (Å²) in [5.74, 6) is 1.14. The lowest BCUT2D eigenvalue weighted by molar-refractivity contribution is -0.904. The predicted molar refractivity (Wildman–Crippen MR) is 75.0 cm³/mol. The van der Waals surface area contributed by atoms with Gasteiger partial charge in [0.05, 0.1) is 13.1 Å². The van der Waals surface area contributed by atoms with E-state index < -0.39 is 0 Å². The van der Waals surface area contributed by atoms with E-state index in [-0.39, 0.29) is 11.9 Å². The Bertz CT molecular complexity index is 297. The van der Waals surface area contributed by atoms with Gasteiger partial charge in [0.2, 0.25) is 0 Å². The van der Waals surface area contributed by atoms with Gasteiger partial charge < -0.3 is 10.2 Å². The van der Waals surface area contributed by atoms with Crippen molar-refractivity contribution in [3.8, 4) is 0 Å². The second kappa shape index (κ2) is 8.15. The molecule has 0 bridgehead atoms. The molecule has 5 nitrogen and oxygen atoms in total. The molecule has 19 heavy (non-hydrogen) atoms. The Balaban J connectivity index is 2.24. The molecule has 0 aromatic heterocycles.